The molecule has 0 amide bonds. The number of ether oxygens (including phenoxy) is 1. The van der Waals surface area contributed by atoms with Crippen molar-refractivity contribution >= 4 is 28.9 Å². The van der Waals surface area contributed by atoms with Crippen LogP contribution in [0.4, 0.5) is 17.3 Å². The van der Waals surface area contributed by atoms with Gasteiger partial charge in [0.25, 0.3) is 0 Å². The number of anilines is 3. The first kappa shape index (κ1) is 15.4. The van der Waals surface area contributed by atoms with E-state index in [-0.39, 0.29) is 5.92 Å². The van der Waals surface area contributed by atoms with Crippen molar-refractivity contribution in [2.75, 3.05) is 24.8 Å². The van der Waals surface area contributed by atoms with Gasteiger partial charge in [-0.25, -0.2) is 9.97 Å². The van der Waals surface area contributed by atoms with E-state index >= 15 is 0 Å². The summed E-state index contributed by atoms with van der Waals surface area (Å²) >= 11 is 6.15. The van der Waals surface area contributed by atoms with Gasteiger partial charge in [0.1, 0.15) is 23.7 Å². The van der Waals surface area contributed by atoms with E-state index in [0.29, 0.717) is 10.8 Å². The van der Waals surface area contributed by atoms with Crippen LogP contribution in [0.2, 0.25) is 5.02 Å². The van der Waals surface area contributed by atoms with Crippen molar-refractivity contribution < 1.29 is 4.74 Å². The molecular weight excluding hydrogens is 288 g/mol. The van der Waals surface area contributed by atoms with Gasteiger partial charge in [-0.3, -0.25) is 0 Å². The van der Waals surface area contributed by atoms with E-state index in [4.69, 9.17) is 16.3 Å². The molecule has 0 unspecified atom stereocenters. The minimum Gasteiger partial charge on any atom is -0.495 e. The molecule has 2 N–H and O–H groups in total. The van der Waals surface area contributed by atoms with Gasteiger partial charge >= 0.3 is 0 Å². The lowest BCUT2D eigenvalue weighted by molar-refractivity contribution is 0.415. The van der Waals surface area contributed by atoms with Crippen LogP contribution >= 0.6 is 11.6 Å². The standard InChI is InChI=1S/C15H19ClN4O/c1-9(2)13-14(17-3)18-8-19-15(13)20-10-5-6-12(21-4)11(16)7-10/h5-9H,1-4H3,(H2,17,18,19,20). The molecule has 112 valence electrons. The summed E-state index contributed by atoms with van der Waals surface area (Å²) in [4.78, 5) is 8.60. The molecular formula is C15H19ClN4O. The molecule has 0 saturated carbocycles. The first-order valence-electron chi connectivity index (χ1n) is 6.70. The number of halogens is 1. The van der Waals surface area contributed by atoms with Gasteiger partial charge < -0.3 is 15.4 Å². The van der Waals surface area contributed by atoms with Gasteiger partial charge in [-0.1, -0.05) is 25.4 Å². The van der Waals surface area contributed by atoms with Crippen LogP contribution in [0.3, 0.4) is 0 Å². The van der Waals surface area contributed by atoms with Crippen molar-refractivity contribution in [1.82, 2.24) is 9.97 Å². The molecule has 0 aliphatic carbocycles. The van der Waals surface area contributed by atoms with Crippen molar-refractivity contribution in [2.24, 2.45) is 0 Å². The minimum absolute atomic E-state index is 0.282. The minimum atomic E-state index is 0.282. The highest BCUT2D eigenvalue weighted by Crippen LogP contribution is 2.32. The first-order valence-corrected chi connectivity index (χ1v) is 7.07. The fraction of sp³-hybridized carbons (Fsp3) is 0.333. The molecule has 0 aliphatic rings. The van der Waals surface area contributed by atoms with Gasteiger partial charge in [0.05, 0.1) is 12.1 Å². The molecule has 0 bridgehead atoms. The van der Waals surface area contributed by atoms with E-state index < -0.39 is 0 Å². The van der Waals surface area contributed by atoms with E-state index in [1.807, 2.05) is 25.2 Å². The smallest absolute Gasteiger partial charge is 0.139 e. The molecule has 21 heavy (non-hydrogen) atoms. The summed E-state index contributed by atoms with van der Waals surface area (Å²) in [6, 6.07) is 5.53. The molecule has 0 saturated heterocycles. The number of benzene rings is 1. The van der Waals surface area contributed by atoms with Crippen molar-refractivity contribution in [2.45, 2.75) is 19.8 Å². The van der Waals surface area contributed by atoms with Gasteiger partial charge in [-0.15, -0.1) is 0 Å². The number of aromatic nitrogens is 2. The second-order valence-electron chi connectivity index (χ2n) is 4.86. The highest BCUT2D eigenvalue weighted by atomic mass is 35.5. The largest absolute Gasteiger partial charge is 0.495 e. The fourth-order valence-electron chi connectivity index (χ4n) is 2.12. The summed E-state index contributed by atoms with van der Waals surface area (Å²) in [6.45, 7) is 4.21. The summed E-state index contributed by atoms with van der Waals surface area (Å²) in [6.07, 6.45) is 1.53. The zero-order valence-electron chi connectivity index (χ0n) is 12.6. The second-order valence-corrected chi connectivity index (χ2v) is 5.27. The zero-order chi connectivity index (χ0) is 15.4. The van der Waals surface area contributed by atoms with Gasteiger partial charge in [0.15, 0.2) is 0 Å². The summed E-state index contributed by atoms with van der Waals surface area (Å²) < 4.78 is 5.15. The number of hydrogen-bond donors (Lipinski definition) is 2. The van der Waals surface area contributed by atoms with E-state index in [1.165, 1.54) is 6.33 Å². The summed E-state index contributed by atoms with van der Waals surface area (Å²) in [5.74, 6) is 2.52. The third-order valence-electron chi connectivity index (χ3n) is 3.11. The van der Waals surface area contributed by atoms with Gasteiger partial charge in [-0.2, -0.15) is 0 Å². The van der Waals surface area contributed by atoms with Gasteiger partial charge in [0.2, 0.25) is 0 Å². The maximum Gasteiger partial charge on any atom is 0.139 e. The number of methoxy groups -OCH3 is 1. The lowest BCUT2D eigenvalue weighted by Crippen LogP contribution is -2.06. The number of nitrogens with zero attached hydrogens (tertiary/aromatic N) is 2. The summed E-state index contributed by atoms with van der Waals surface area (Å²) in [7, 11) is 3.44. The molecule has 0 spiro atoms. The Labute approximate surface area is 129 Å². The maximum absolute atomic E-state index is 6.15. The molecule has 0 radical (unpaired) electrons. The van der Waals surface area contributed by atoms with E-state index in [9.17, 15) is 0 Å². The molecule has 0 fully saturated rings. The van der Waals surface area contributed by atoms with Crippen LogP contribution in [0.25, 0.3) is 0 Å². The molecule has 1 aromatic heterocycles. The van der Waals surface area contributed by atoms with Crippen molar-refractivity contribution in [1.29, 1.82) is 0 Å². The lowest BCUT2D eigenvalue weighted by Gasteiger charge is -2.17. The molecule has 5 nitrogen and oxygen atoms in total. The molecule has 0 aliphatic heterocycles. The topological polar surface area (TPSA) is 59.1 Å². The van der Waals surface area contributed by atoms with Gasteiger partial charge in [0, 0.05) is 18.3 Å². The lowest BCUT2D eigenvalue weighted by atomic mass is 10.0. The van der Waals surface area contributed by atoms with Crippen LogP contribution in [-0.2, 0) is 0 Å². The maximum atomic E-state index is 6.15. The Morgan fingerprint density at radius 3 is 2.48 bits per heavy atom. The Balaban J connectivity index is 2.37. The van der Waals surface area contributed by atoms with Gasteiger partial charge in [-0.05, 0) is 24.1 Å². The Morgan fingerprint density at radius 1 is 1.19 bits per heavy atom. The highest BCUT2D eigenvalue weighted by Gasteiger charge is 2.14. The van der Waals surface area contributed by atoms with Crippen LogP contribution in [0, 0.1) is 0 Å². The molecule has 1 aromatic carbocycles. The van der Waals surface area contributed by atoms with E-state index in [2.05, 4.69) is 34.4 Å². The number of rotatable bonds is 5. The second kappa shape index (κ2) is 6.63. The monoisotopic (exact) mass is 306 g/mol. The average molecular weight is 307 g/mol. The number of hydrogen-bond acceptors (Lipinski definition) is 5. The first-order chi connectivity index (χ1) is 10.1. The average Bonchev–Trinajstić information content (AvgIpc) is 2.46. The van der Waals surface area contributed by atoms with E-state index in [1.54, 1.807) is 7.11 Å². The SMILES string of the molecule is CNc1ncnc(Nc2ccc(OC)c(Cl)c2)c1C(C)C. The van der Waals surface area contributed by atoms with Crippen molar-refractivity contribution in [3.63, 3.8) is 0 Å². The van der Waals surface area contributed by atoms with Crippen LogP contribution in [0.1, 0.15) is 25.3 Å². The Bertz CT molecular complexity index is 631. The van der Waals surface area contributed by atoms with Crippen LogP contribution in [0.5, 0.6) is 5.75 Å². The Morgan fingerprint density at radius 2 is 1.90 bits per heavy atom. The summed E-state index contributed by atoms with van der Waals surface area (Å²) in [5.41, 5.74) is 1.88. The highest BCUT2D eigenvalue weighted by molar-refractivity contribution is 6.32. The van der Waals surface area contributed by atoms with Crippen LogP contribution < -0.4 is 15.4 Å². The van der Waals surface area contributed by atoms with Crippen molar-refractivity contribution in [3.05, 3.63) is 35.1 Å². The molecule has 2 rings (SSSR count). The Hall–Kier alpha value is -2.01. The third-order valence-corrected chi connectivity index (χ3v) is 3.41. The molecule has 6 heteroatoms. The van der Waals surface area contributed by atoms with Crippen LogP contribution in [0.15, 0.2) is 24.5 Å². The fourth-order valence-corrected chi connectivity index (χ4v) is 2.38. The quantitative estimate of drug-likeness (QED) is 0.873. The Kier molecular flexibility index (Phi) is 4.85. The van der Waals surface area contributed by atoms with Crippen molar-refractivity contribution in [3.8, 4) is 5.75 Å². The van der Waals surface area contributed by atoms with E-state index in [0.717, 1.165) is 22.9 Å². The zero-order valence-corrected chi connectivity index (χ0v) is 13.3. The molecule has 0 atom stereocenters. The molecule has 2 aromatic rings. The summed E-state index contributed by atoms with van der Waals surface area (Å²) in [5, 5.41) is 6.94. The predicted molar refractivity (Wildman–Crippen MR) is 87.0 cm³/mol. The molecule has 1 heterocycles. The normalized spacial score (nSPS) is 10.6. The number of nitrogens with one attached hydrogen (secondary N) is 2. The predicted octanol–water partition coefficient (Wildman–Crippen LogP) is 4.05. The van der Waals surface area contributed by atoms with Crippen LogP contribution in [-0.4, -0.2) is 24.1 Å². The third kappa shape index (κ3) is 3.36.